The highest BCUT2D eigenvalue weighted by molar-refractivity contribution is 5.93. The topological polar surface area (TPSA) is 78.0 Å². The average molecular weight is 403 g/mol. The van der Waals surface area contributed by atoms with Crippen molar-refractivity contribution in [3.05, 3.63) is 83.1 Å². The van der Waals surface area contributed by atoms with Gasteiger partial charge in [0.2, 0.25) is 0 Å². The molecule has 0 aliphatic carbocycles. The maximum atomic E-state index is 14.1. The van der Waals surface area contributed by atoms with Crippen LogP contribution in [0.2, 0.25) is 0 Å². The average Bonchev–Trinajstić information content (AvgIpc) is 3.08. The zero-order valence-electron chi connectivity index (χ0n) is 16.8. The monoisotopic (exact) mass is 403 g/mol. The molecule has 5 nitrogen and oxygen atoms in total. The van der Waals surface area contributed by atoms with Gasteiger partial charge in [0.15, 0.2) is 0 Å². The number of hydrogen-bond donors (Lipinski definition) is 3. The number of H-pyrrole nitrogens is 1. The molecular weight excluding hydrogens is 381 g/mol. The first kappa shape index (κ1) is 19.6. The van der Waals surface area contributed by atoms with Crippen LogP contribution in [0.4, 0.5) is 4.39 Å². The number of fused-ring (bicyclic) bond motifs is 1. The summed E-state index contributed by atoms with van der Waals surface area (Å²) < 4.78 is 14.1. The van der Waals surface area contributed by atoms with Crippen LogP contribution < -0.4 is 5.32 Å². The molecule has 3 N–H and O–H groups in total. The van der Waals surface area contributed by atoms with Crippen LogP contribution in [-0.2, 0) is 6.42 Å². The molecule has 0 aliphatic rings. The smallest absolute Gasteiger partial charge is 0.269 e. The van der Waals surface area contributed by atoms with Crippen molar-refractivity contribution in [3.8, 4) is 16.9 Å². The fourth-order valence-corrected chi connectivity index (χ4v) is 3.77. The van der Waals surface area contributed by atoms with Crippen molar-refractivity contribution in [2.24, 2.45) is 0 Å². The van der Waals surface area contributed by atoms with E-state index in [-0.39, 0.29) is 17.5 Å². The van der Waals surface area contributed by atoms with E-state index in [0.29, 0.717) is 24.2 Å². The SMILES string of the molecule is Cc1[nH]c2c(F)ccc(C)c2c1CCNC(=O)c1cc(-c2cccc(O)c2)ccn1. The van der Waals surface area contributed by atoms with Crippen molar-refractivity contribution >= 4 is 16.8 Å². The maximum Gasteiger partial charge on any atom is 0.269 e. The number of carbonyl (C=O) groups excluding carboxylic acids is 1. The van der Waals surface area contributed by atoms with Crippen molar-refractivity contribution in [3.63, 3.8) is 0 Å². The van der Waals surface area contributed by atoms with Gasteiger partial charge in [-0.05, 0) is 72.9 Å². The van der Waals surface area contributed by atoms with Crippen LogP contribution in [0.25, 0.3) is 22.0 Å². The number of rotatable bonds is 5. The van der Waals surface area contributed by atoms with Gasteiger partial charge in [-0.25, -0.2) is 4.39 Å². The summed E-state index contributed by atoms with van der Waals surface area (Å²) in [5, 5.41) is 13.4. The van der Waals surface area contributed by atoms with Crippen LogP contribution in [-0.4, -0.2) is 27.5 Å². The zero-order chi connectivity index (χ0) is 21.3. The van der Waals surface area contributed by atoms with Gasteiger partial charge in [0.1, 0.15) is 17.3 Å². The van der Waals surface area contributed by atoms with E-state index in [1.54, 1.807) is 42.6 Å². The molecule has 4 rings (SSSR count). The van der Waals surface area contributed by atoms with Crippen LogP contribution in [0.1, 0.15) is 27.3 Å². The zero-order valence-corrected chi connectivity index (χ0v) is 16.8. The first-order valence-corrected chi connectivity index (χ1v) is 9.74. The van der Waals surface area contributed by atoms with Crippen LogP contribution in [0, 0.1) is 19.7 Å². The number of nitrogens with zero attached hydrogens (tertiary/aromatic N) is 1. The number of benzene rings is 2. The fraction of sp³-hybridized carbons (Fsp3) is 0.167. The quantitative estimate of drug-likeness (QED) is 0.453. The molecule has 0 bridgehead atoms. The summed E-state index contributed by atoms with van der Waals surface area (Å²) in [7, 11) is 0. The normalized spacial score (nSPS) is 11.0. The Bertz CT molecular complexity index is 1250. The molecule has 1 amide bonds. The van der Waals surface area contributed by atoms with Crippen molar-refractivity contribution in [2.75, 3.05) is 6.54 Å². The highest BCUT2D eigenvalue weighted by atomic mass is 19.1. The molecule has 2 heterocycles. The number of phenols is 1. The number of halogens is 1. The molecule has 152 valence electrons. The number of hydrogen-bond acceptors (Lipinski definition) is 3. The van der Waals surface area contributed by atoms with E-state index in [0.717, 1.165) is 33.3 Å². The van der Waals surface area contributed by atoms with Gasteiger partial charge >= 0.3 is 0 Å². The summed E-state index contributed by atoms with van der Waals surface area (Å²) in [6.07, 6.45) is 2.15. The van der Waals surface area contributed by atoms with Crippen LogP contribution in [0.15, 0.2) is 54.7 Å². The maximum absolute atomic E-state index is 14.1. The van der Waals surface area contributed by atoms with Gasteiger partial charge in [-0.2, -0.15) is 0 Å². The first-order valence-electron chi connectivity index (χ1n) is 9.74. The lowest BCUT2D eigenvalue weighted by Crippen LogP contribution is -2.26. The van der Waals surface area contributed by atoms with Gasteiger partial charge in [0, 0.05) is 23.8 Å². The highest BCUT2D eigenvalue weighted by Crippen LogP contribution is 2.28. The van der Waals surface area contributed by atoms with E-state index in [1.165, 1.54) is 6.07 Å². The Morgan fingerprint density at radius 3 is 2.73 bits per heavy atom. The lowest BCUT2D eigenvalue weighted by molar-refractivity contribution is 0.0949. The summed E-state index contributed by atoms with van der Waals surface area (Å²) in [5.74, 6) is -0.393. The lowest BCUT2D eigenvalue weighted by atomic mass is 10.0. The molecule has 0 fully saturated rings. The predicted molar refractivity (Wildman–Crippen MR) is 115 cm³/mol. The molecule has 4 aromatic rings. The van der Waals surface area contributed by atoms with Crippen LogP contribution in [0.5, 0.6) is 5.75 Å². The Kier molecular flexibility index (Phi) is 5.23. The van der Waals surface area contributed by atoms with Crippen molar-refractivity contribution < 1.29 is 14.3 Å². The number of pyridine rings is 1. The number of aryl methyl sites for hydroxylation is 2. The molecule has 0 unspecified atom stereocenters. The Morgan fingerprint density at radius 2 is 1.93 bits per heavy atom. The second-order valence-corrected chi connectivity index (χ2v) is 7.33. The minimum atomic E-state index is -0.280. The molecule has 0 saturated carbocycles. The summed E-state index contributed by atoms with van der Waals surface area (Å²) in [6.45, 7) is 4.27. The van der Waals surface area contributed by atoms with E-state index < -0.39 is 0 Å². The minimum absolute atomic E-state index is 0.163. The van der Waals surface area contributed by atoms with E-state index in [1.807, 2.05) is 19.9 Å². The number of aromatic hydroxyl groups is 1. The van der Waals surface area contributed by atoms with Crippen LogP contribution in [0.3, 0.4) is 0 Å². The number of phenolic OH excluding ortho intramolecular Hbond substituents is 1. The van der Waals surface area contributed by atoms with Crippen molar-refractivity contribution in [1.82, 2.24) is 15.3 Å². The standard InChI is InChI=1S/C24H22FN3O2/c1-14-6-7-20(25)23-22(14)19(15(2)28-23)9-11-27-24(30)21-13-17(8-10-26-21)16-4-3-5-18(29)12-16/h3-8,10,12-13,28-29H,9,11H2,1-2H3,(H,27,30). The van der Waals surface area contributed by atoms with Gasteiger partial charge in [0.25, 0.3) is 5.91 Å². The van der Waals surface area contributed by atoms with E-state index in [4.69, 9.17) is 0 Å². The molecule has 0 saturated heterocycles. The fourth-order valence-electron chi connectivity index (χ4n) is 3.77. The summed E-state index contributed by atoms with van der Waals surface area (Å²) in [4.78, 5) is 19.9. The van der Waals surface area contributed by atoms with Gasteiger partial charge < -0.3 is 15.4 Å². The predicted octanol–water partition coefficient (Wildman–Crippen LogP) is 4.66. The van der Waals surface area contributed by atoms with Crippen molar-refractivity contribution in [2.45, 2.75) is 20.3 Å². The minimum Gasteiger partial charge on any atom is -0.508 e. The molecule has 2 aromatic carbocycles. The third kappa shape index (κ3) is 3.76. The van der Waals surface area contributed by atoms with E-state index in [9.17, 15) is 14.3 Å². The summed E-state index contributed by atoms with van der Waals surface area (Å²) >= 11 is 0. The largest absolute Gasteiger partial charge is 0.508 e. The Morgan fingerprint density at radius 1 is 1.13 bits per heavy atom. The van der Waals surface area contributed by atoms with Gasteiger partial charge in [0.05, 0.1) is 5.52 Å². The molecular formula is C24H22FN3O2. The number of carbonyl (C=O) groups is 1. The molecule has 0 spiro atoms. The number of aromatic amines is 1. The van der Waals surface area contributed by atoms with Gasteiger partial charge in [-0.15, -0.1) is 0 Å². The molecule has 0 radical (unpaired) electrons. The second-order valence-electron chi connectivity index (χ2n) is 7.33. The van der Waals surface area contributed by atoms with Gasteiger partial charge in [-0.1, -0.05) is 18.2 Å². The summed E-state index contributed by atoms with van der Waals surface area (Å²) in [5.41, 5.74) is 5.31. The summed E-state index contributed by atoms with van der Waals surface area (Å²) in [6, 6.07) is 13.6. The number of nitrogens with one attached hydrogen (secondary N) is 2. The second kappa shape index (κ2) is 7.99. The molecule has 6 heteroatoms. The third-order valence-corrected chi connectivity index (χ3v) is 5.26. The van der Waals surface area contributed by atoms with E-state index in [2.05, 4.69) is 15.3 Å². The first-order chi connectivity index (χ1) is 14.4. The van der Waals surface area contributed by atoms with E-state index >= 15 is 0 Å². The molecule has 2 aromatic heterocycles. The number of aromatic nitrogens is 2. The molecule has 0 atom stereocenters. The Balaban J connectivity index is 1.49. The van der Waals surface area contributed by atoms with Crippen molar-refractivity contribution in [1.29, 1.82) is 0 Å². The molecule has 30 heavy (non-hydrogen) atoms. The van der Waals surface area contributed by atoms with Gasteiger partial charge in [-0.3, -0.25) is 9.78 Å². The van der Waals surface area contributed by atoms with Crippen LogP contribution >= 0.6 is 0 Å². The third-order valence-electron chi connectivity index (χ3n) is 5.26. The lowest BCUT2D eigenvalue weighted by Gasteiger charge is -2.08. The number of amides is 1. The highest BCUT2D eigenvalue weighted by Gasteiger charge is 2.15. The Labute approximate surface area is 173 Å². The molecule has 0 aliphatic heterocycles. The Hall–Kier alpha value is -3.67.